The molecule has 18 heavy (non-hydrogen) atoms. The van der Waals surface area contributed by atoms with E-state index in [1.54, 1.807) is 7.11 Å². The monoisotopic (exact) mass is 246 g/mol. The minimum Gasteiger partial charge on any atom is -0.496 e. The number of ether oxygens (including phenoxy) is 1. The highest BCUT2D eigenvalue weighted by atomic mass is 16.5. The number of carbonyl (C=O) groups is 1. The van der Waals surface area contributed by atoms with E-state index in [-0.39, 0.29) is 11.9 Å². The lowest BCUT2D eigenvalue weighted by Gasteiger charge is -2.30. The molecule has 96 valence electrons. The average molecular weight is 246 g/mol. The molecule has 1 atom stereocenters. The number of rotatable bonds is 2. The van der Waals surface area contributed by atoms with E-state index < -0.39 is 0 Å². The molecule has 1 aromatic rings. The number of amides is 1. The zero-order chi connectivity index (χ0) is 12.7. The van der Waals surface area contributed by atoms with Crippen LogP contribution in [0.4, 0.5) is 0 Å². The lowest BCUT2D eigenvalue weighted by atomic mass is 9.98. The van der Waals surface area contributed by atoms with Gasteiger partial charge < -0.3 is 15.0 Å². The van der Waals surface area contributed by atoms with Gasteiger partial charge in [0.2, 0.25) is 0 Å². The molecule has 4 heteroatoms. The molecule has 1 aromatic carbocycles. The number of piperazine rings is 1. The molecule has 0 aromatic heterocycles. The third-order valence-corrected chi connectivity index (χ3v) is 3.90. The molecule has 1 amide bonds. The van der Waals surface area contributed by atoms with Gasteiger partial charge >= 0.3 is 0 Å². The van der Waals surface area contributed by atoms with Gasteiger partial charge in [0.25, 0.3) is 5.91 Å². The van der Waals surface area contributed by atoms with Crippen molar-refractivity contribution in [2.75, 3.05) is 26.7 Å². The van der Waals surface area contributed by atoms with E-state index in [1.165, 1.54) is 5.56 Å². The number of hydrogen-bond acceptors (Lipinski definition) is 3. The maximum Gasteiger partial charge on any atom is 0.258 e. The molecule has 0 unspecified atom stereocenters. The number of benzene rings is 1. The zero-order valence-corrected chi connectivity index (χ0v) is 10.8. The normalized spacial score (nSPS) is 21.8. The van der Waals surface area contributed by atoms with E-state index in [1.807, 2.05) is 11.0 Å². The molecular weight excluding hydrogens is 228 g/mol. The summed E-state index contributed by atoms with van der Waals surface area (Å²) in [7, 11) is 1.64. The second-order valence-corrected chi connectivity index (χ2v) is 4.83. The Morgan fingerprint density at radius 2 is 2.33 bits per heavy atom. The summed E-state index contributed by atoms with van der Waals surface area (Å²) < 4.78 is 5.41. The van der Waals surface area contributed by atoms with E-state index in [4.69, 9.17) is 4.74 Å². The van der Waals surface area contributed by atoms with Crippen LogP contribution in [0.3, 0.4) is 0 Å². The second-order valence-electron chi connectivity index (χ2n) is 4.83. The van der Waals surface area contributed by atoms with Gasteiger partial charge in [-0.15, -0.1) is 0 Å². The van der Waals surface area contributed by atoms with E-state index in [0.29, 0.717) is 0 Å². The molecule has 0 radical (unpaired) electrons. The van der Waals surface area contributed by atoms with Crippen LogP contribution in [0, 0.1) is 0 Å². The van der Waals surface area contributed by atoms with Gasteiger partial charge in [0.05, 0.1) is 18.7 Å². The zero-order valence-electron chi connectivity index (χ0n) is 10.8. The molecular formula is C14H18N2O2. The van der Waals surface area contributed by atoms with Crippen molar-refractivity contribution in [1.82, 2.24) is 10.2 Å². The smallest absolute Gasteiger partial charge is 0.258 e. The summed E-state index contributed by atoms with van der Waals surface area (Å²) in [4.78, 5) is 14.4. The van der Waals surface area contributed by atoms with Crippen molar-refractivity contribution in [2.24, 2.45) is 0 Å². The summed E-state index contributed by atoms with van der Waals surface area (Å²) in [6, 6.07) is 4.33. The van der Waals surface area contributed by atoms with Gasteiger partial charge in [0.1, 0.15) is 5.75 Å². The highest BCUT2D eigenvalue weighted by Gasteiger charge is 2.40. The fraction of sp³-hybridized carbons (Fsp3) is 0.500. The first-order valence-corrected chi connectivity index (χ1v) is 6.48. The number of nitrogens with one attached hydrogen (secondary N) is 1. The summed E-state index contributed by atoms with van der Waals surface area (Å²) in [6.45, 7) is 4.62. The number of methoxy groups -OCH3 is 1. The lowest BCUT2D eigenvalue weighted by molar-refractivity contribution is 0.0689. The molecule has 0 spiro atoms. The molecule has 1 N–H and O–H groups in total. The molecule has 0 saturated carbocycles. The quantitative estimate of drug-likeness (QED) is 0.856. The van der Waals surface area contributed by atoms with Crippen molar-refractivity contribution in [3.8, 4) is 5.75 Å². The molecule has 2 aliphatic heterocycles. The van der Waals surface area contributed by atoms with E-state index in [0.717, 1.165) is 42.9 Å². The van der Waals surface area contributed by atoms with Crippen molar-refractivity contribution < 1.29 is 9.53 Å². The van der Waals surface area contributed by atoms with Gasteiger partial charge in [-0.05, 0) is 23.6 Å². The van der Waals surface area contributed by atoms with Crippen LogP contribution >= 0.6 is 0 Å². The SMILES string of the molecule is CCc1cc(OC)c2c(c1)[C@@H]1CNCCN1C2=O. The molecule has 1 saturated heterocycles. The predicted molar refractivity (Wildman–Crippen MR) is 69.0 cm³/mol. The summed E-state index contributed by atoms with van der Waals surface area (Å²) in [5.41, 5.74) is 3.12. The third kappa shape index (κ3) is 1.52. The molecule has 0 aliphatic carbocycles. The van der Waals surface area contributed by atoms with Crippen LogP contribution in [-0.2, 0) is 6.42 Å². The van der Waals surface area contributed by atoms with Gasteiger partial charge in [0, 0.05) is 19.6 Å². The number of carbonyl (C=O) groups excluding carboxylic acids is 1. The Balaban J connectivity index is 2.15. The van der Waals surface area contributed by atoms with Crippen LogP contribution in [-0.4, -0.2) is 37.6 Å². The summed E-state index contributed by atoms with van der Waals surface area (Å²) >= 11 is 0. The maximum atomic E-state index is 12.4. The van der Waals surface area contributed by atoms with Crippen LogP contribution in [0.1, 0.15) is 34.5 Å². The number of fused-ring (bicyclic) bond motifs is 3. The van der Waals surface area contributed by atoms with Crippen molar-refractivity contribution >= 4 is 5.91 Å². The summed E-state index contributed by atoms with van der Waals surface area (Å²) in [5.74, 6) is 0.847. The van der Waals surface area contributed by atoms with Crippen molar-refractivity contribution in [3.63, 3.8) is 0 Å². The Morgan fingerprint density at radius 3 is 3.06 bits per heavy atom. The predicted octanol–water partition coefficient (Wildman–Crippen LogP) is 1.36. The van der Waals surface area contributed by atoms with Gasteiger partial charge in [-0.1, -0.05) is 13.0 Å². The van der Waals surface area contributed by atoms with Gasteiger partial charge in [-0.3, -0.25) is 4.79 Å². The van der Waals surface area contributed by atoms with Crippen molar-refractivity contribution in [1.29, 1.82) is 0 Å². The van der Waals surface area contributed by atoms with Crippen LogP contribution in [0.2, 0.25) is 0 Å². The first-order chi connectivity index (χ1) is 8.76. The van der Waals surface area contributed by atoms with Gasteiger partial charge in [0.15, 0.2) is 0 Å². The maximum absolute atomic E-state index is 12.4. The fourth-order valence-electron chi connectivity index (χ4n) is 2.92. The topological polar surface area (TPSA) is 41.6 Å². The number of aryl methyl sites for hydroxylation is 1. The minimum atomic E-state index is 0.121. The van der Waals surface area contributed by atoms with Gasteiger partial charge in [-0.25, -0.2) is 0 Å². The van der Waals surface area contributed by atoms with Crippen LogP contribution in [0.5, 0.6) is 5.75 Å². The highest BCUT2D eigenvalue weighted by Crippen LogP contribution is 2.40. The Labute approximate surface area is 107 Å². The first-order valence-electron chi connectivity index (χ1n) is 6.48. The highest BCUT2D eigenvalue weighted by molar-refractivity contribution is 6.02. The molecule has 1 fully saturated rings. The first kappa shape index (κ1) is 11.5. The van der Waals surface area contributed by atoms with E-state index in [2.05, 4.69) is 18.3 Å². The van der Waals surface area contributed by atoms with Crippen LogP contribution in [0.25, 0.3) is 0 Å². The Morgan fingerprint density at radius 1 is 1.50 bits per heavy atom. The van der Waals surface area contributed by atoms with Crippen molar-refractivity contribution in [2.45, 2.75) is 19.4 Å². The van der Waals surface area contributed by atoms with Crippen LogP contribution < -0.4 is 10.1 Å². The Bertz CT molecular complexity index is 499. The lowest BCUT2D eigenvalue weighted by Crippen LogP contribution is -2.44. The largest absolute Gasteiger partial charge is 0.496 e. The molecule has 3 rings (SSSR count). The average Bonchev–Trinajstić information content (AvgIpc) is 2.72. The molecule has 2 aliphatic rings. The number of nitrogens with zero attached hydrogens (tertiary/aromatic N) is 1. The molecule has 4 nitrogen and oxygen atoms in total. The van der Waals surface area contributed by atoms with E-state index in [9.17, 15) is 4.79 Å². The second kappa shape index (κ2) is 4.28. The Kier molecular flexibility index (Phi) is 2.74. The summed E-state index contributed by atoms with van der Waals surface area (Å²) in [6.07, 6.45) is 0.956. The van der Waals surface area contributed by atoms with Crippen LogP contribution in [0.15, 0.2) is 12.1 Å². The van der Waals surface area contributed by atoms with E-state index >= 15 is 0 Å². The minimum absolute atomic E-state index is 0.121. The van der Waals surface area contributed by atoms with Crippen molar-refractivity contribution in [3.05, 3.63) is 28.8 Å². The standard InChI is InChI=1S/C14H18N2O2/c1-3-9-6-10-11-8-15-4-5-16(11)14(17)13(10)12(7-9)18-2/h6-7,11,15H,3-5,8H2,1-2H3/t11-/m0/s1. The summed E-state index contributed by atoms with van der Waals surface area (Å²) in [5, 5.41) is 3.36. The molecule has 0 bridgehead atoms. The number of hydrogen-bond donors (Lipinski definition) is 1. The third-order valence-electron chi connectivity index (χ3n) is 3.90. The fourth-order valence-corrected chi connectivity index (χ4v) is 2.92. The Hall–Kier alpha value is -1.55. The van der Waals surface area contributed by atoms with Gasteiger partial charge in [-0.2, -0.15) is 0 Å². The molecule has 2 heterocycles.